The predicted molar refractivity (Wildman–Crippen MR) is 70.8 cm³/mol. The van der Waals surface area contributed by atoms with E-state index >= 15 is 0 Å². The molecule has 1 aliphatic rings. The van der Waals surface area contributed by atoms with Crippen LogP contribution >= 0.6 is 12.2 Å². The standard InChI is InChI=1S/C13H15FN2OS/c1-17-12-4-2-3-11(12)16-10-6-5-8(14)7-9(10)15-13(16)18/h5-7,11-12H,2-4H2,1H3,(H,15,18). The summed E-state index contributed by atoms with van der Waals surface area (Å²) in [4.78, 5) is 3.07. The molecule has 18 heavy (non-hydrogen) atoms. The van der Waals surface area contributed by atoms with Gasteiger partial charge in [0.2, 0.25) is 0 Å². The molecule has 1 aliphatic carbocycles. The summed E-state index contributed by atoms with van der Waals surface area (Å²) in [7, 11) is 1.74. The molecule has 0 radical (unpaired) electrons. The molecule has 1 saturated carbocycles. The number of ether oxygens (including phenoxy) is 1. The lowest BCUT2D eigenvalue weighted by Crippen LogP contribution is -2.20. The Labute approximate surface area is 110 Å². The number of nitrogens with zero attached hydrogens (tertiary/aromatic N) is 1. The molecule has 1 heterocycles. The predicted octanol–water partition coefficient (Wildman–Crippen LogP) is 3.58. The fourth-order valence-corrected chi connectivity index (χ4v) is 3.25. The van der Waals surface area contributed by atoms with E-state index in [0.29, 0.717) is 4.77 Å². The molecular formula is C13H15FN2OS. The average Bonchev–Trinajstić information content (AvgIpc) is 2.90. The van der Waals surface area contributed by atoms with Gasteiger partial charge in [-0.2, -0.15) is 0 Å². The van der Waals surface area contributed by atoms with E-state index < -0.39 is 0 Å². The van der Waals surface area contributed by atoms with Crippen molar-refractivity contribution in [2.24, 2.45) is 0 Å². The van der Waals surface area contributed by atoms with E-state index in [1.165, 1.54) is 12.1 Å². The van der Waals surface area contributed by atoms with Crippen LogP contribution in [0.3, 0.4) is 0 Å². The maximum Gasteiger partial charge on any atom is 0.178 e. The highest BCUT2D eigenvalue weighted by Gasteiger charge is 2.30. The second-order valence-electron chi connectivity index (χ2n) is 4.73. The van der Waals surface area contributed by atoms with Crippen molar-refractivity contribution in [3.8, 4) is 0 Å². The molecule has 1 aromatic carbocycles. The number of aromatic amines is 1. The number of imidazole rings is 1. The van der Waals surface area contributed by atoms with Crippen molar-refractivity contribution in [3.05, 3.63) is 28.8 Å². The zero-order valence-corrected chi connectivity index (χ0v) is 11.0. The maximum absolute atomic E-state index is 13.2. The second kappa shape index (κ2) is 4.48. The molecule has 2 atom stereocenters. The summed E-state index contributed by atoms with van der Waals surface area (Å²) in [5.41, 5.74) is 1.71. The molecule has 0 bridgehead atoms. The smallest absolute Gasteiger partial charge is 0.178 e. The molecule has 0 spiro atoms. The zero-order valence-electron chi connectivity index (χ0n) is 10.1. The van der Waals surface area contributed by atoms with Crippen LogP contribution in [0.15, 0.2) is 18.2 Å². The lowest BCUT2D eigenvalue weighted by molar-refractivity contribution is 0.0758. The average molecular weight is 266 g/mol. The van der Waals surface area contributed by atoms with Crippen LogP contribution in [0.2, 0.25) is 0 Å². The van der Waals surface area contributed by atoms with E-state index in [4.69, 9.17) is 17.0 Å². The van der Waals surface area contributed by atoms with Crippen LogP contribution in [-0.2, 0) is 4.74 Å². The lowest BCUT2D eigenvalue weighted by atomic mass is 10.2. The van der Waals surface area contributed by atoms with Gasteiger partial charge in [0.15, 0.2) is 4.77 Å². The van der Waals surface area contributed by atoms with Crippen molar-refractivity contribution in [2.45, 2.75) is 31.4 Å². The molecule has 1 aromatic heterocycles. The Morgan fingerprint density at radius 1 is 1.44 bits per heavy atom. The fourth-order valence-electron chi connectivity index (χ4n) is 2.91. The Kier molecular flexibility index (Phi) is 2.95. The third kappa shape index (κ3) is 1.78. The largest absolute Gasteiger partial charge is 0.379 e. The maximum atomic E-state index is 13.2. The summed E-state index contributed by atoms with van der Waals surface area (Å²) in [6.45, 7) is 0. The first-order chi connectivity index (χ1) is 8.70. The Morgan fingerprint density at radius 3 is 3.06 bits per heavy atom. The Hall–Kier alpha value is -1.20. The highest BCUT2D eigenvalue weighted by atomic mass is 32.1. The van der Waals surface area contributed by atoms with E-state index in [-0.39, 0.29) is 18.0 Å². The summed E-state index contributed by atoms with van der Waals surface area (Å²) < 4.78 is 21.4. The SMILES string of the molecule is COC1CCCC1n1c(=S)[nH]c2cc(F)ccc21. The van der Waals surface area contributed by atoms with Gasteiger partial charge in [-0.3, -0.25) is 0 Å². The van der Waals surface area contributed by atoms with Crippen molar-refractivity contribution in [1.29, 1.82) is 0 Å². The minimum atomic E-state index is -0.249. The van der Waals surface area contributed by atoms with Gasteiger partial charge in [-0.05, 0) is 49.7 Å². The van der Waals surface area contributed by atoms with Crippen molar-refractivity contribution >= 4 is 23.3 Å². The van der Waals surface area contributed by atoms with Crippen molar-refractivity contribution in [1.82, 2.24) is 9.55 Å². The number of fused-ring (bicyclic) bond motifs is 1. The number of rotatable bonds is 2. The summed E-state index contributed by atoms with van der Waals surface area (Å²) in [5.74, 6) is -0.249. The van der Waals surface area contributed by atoms with Crippen LogP contribution in [0.4, 0.5) is 4.39 Å². The van der Waals surface area contributed by atoms with Gasteiger partial charge < -0.3 is 14.3 Å². The lowest BCUT2D eigenvalue weighted by Gasteiger charge is -2.20. The second-order valence-corrected chi connectivity index (χ2v) is 5.12. The Bertz CT molecular complexity index is 633. The van der Waals surface area contributed by atoms with E-state index in [1.54, 1.807) is 13.2 Å². The summed E-state index contributed by atoms with van der Waals surface area (Å²) in [6, 6.07) is 4.99. The van der Waals surface area contributed by atoms with Crippen LogP contribution in [-0.4, -0.2) is 22.8 Å². The Balaban J connectivity index is 2.16. The first kappa shape index (κ1) is 11.9. The number of benzene rings is 1. The molecule has 0 saturated heterocycles. The van der Waals surface area contributed by atoms with Crippen LogP contribution in [0.5, 0.6) is 0 Å². The molecule has 1 fully saturated rings. The monoisotopic (exact) mass is 266 g/mol. The molecule has 96 valence electrons. The van der Waals surface area contributed by atoms with Gasteiger partial charge >= 0.3 is 0 Å². The van der Waals surface area contributed by atoms with Gasteiger partial charge in [-0.1, -0.05) is 0 Å². The minimum Gasteiger partial charge on any atom is -0.379 e. The normalized spacial score (nSPS) is 23.9. The summed E-state index contributed by atoms with van der Waals surface area (Å²) >= 11 is 5.36. The number of hydrogen-bond acceptors (Lipinski definition) is 2. The molecule has 0 aliphatic heterocycles. The first-order valence-corrected chi connectivity index (χ1v) is 6.54. The minimum absolute atomic E-state index is 0.195. The number of H-pyrrole nitrogens is 1. The van der Waals surface area contributed by atoms with Gasteiger partial charge in [0, 0.05) is 7.11 Å². The van der Waals surface area contributed by atoms with Crippen LogP contribution in [0.1, 0.15) is 25.3 Å². The number of aromatic nitrogens is 2. The summed E-state index contributed by atoms with van der Waals surface area (Å²) in [5, 5.41) is 0. The molecule has 0 amide bonds. The van der Waals surface area contributed by atoms with Gasteiger partial charge in [-0.25, -0.2) is 4.39 Å². The Morgan fingerprint density at radius 2 is 2.28 bits per heavy atom. The van der Waals surface area contributed by atoms with E-state index in [1.807, 2.05) is 0 Å². The number of nitrogens with one attached hydrogen (secondary N) is 1. The molecular weight excluding hydrogens is 251 g/mol. The molecule has 2 unspecified atom stereocenters. The van der Waals surface area contributed by atoms with Gasteiger partial charge in [0.1, 0.15) is 5.82 Å². The van der Waals surface area contributed by atoms with Crippen molar-refractivity contribution in [3.63, 3.8) is 0 Å². The van der Waals surface area contributed by atoms with Crippen LogP contribution in [0.25, 0.3) is 11.0 Å². The van der Waals surface area contributed by atoms with Gasteiger partial charge in [0.25, 0.3) is 0 Å². The van der Waals surface area contributed by atoms with Crippen LogP contribution in [0, 0.1) is 10.6 Å². The third-order valence-corrected chi connectivity index (χ3v) is 4.03. The van der Waals surface area contributed by atoms with E-state index in [0.717, 1.165) is 30.3 Å². The van der Waals surface area contributed by atoms with Gasteiger partial charge in [-0.15, -0.1) is 0 Å². The molecule has 1 N–H and O–H groups in total. The molecule has 3 rings (SSSR count). The van der Waals surface area contributed by atoms with Gasteiger partial charge in [0.05, 0.1) is 23.2 Å². The highest BCUT2D eigenvalue weighted by Crippen LogP contribution is 2.34. The number of hydrogen-bond donors (Lipinski definition) is 1. The van der Waals surface area contributed by atoms with Crippen LogP contribution < -0.4 is 0 Å². The summed E-state index contributed by atoms with van der Waals surface area (Å²) in [6.07, 6.45) is 3.44. The first-order valence-electron chi connectivity index (χ1n) is 6.13. The molecule has 5 heteroatoms. The molecule has 3 nitrogen and oxygen atoms in total. The number of halogens is 1. The van der Waals surface area contributed by atoms with Crippen molar-refractivity contribution < 1.29 is 9.13 Å². The van der Waals surface area contributed by atoms with Crippen molar-refractivity contribution in [2.75, 3.05) is 7.11 Å². The fraction of sp³-hybridized carbons (Fsp3) is 0.462. The zero-order chi connectivity index (χ0) is 12.7. The molecule has 2 aromatic rings. The van der Waals surface area contributed by atoms with E-state index in [9.17, 15) is 4.39 Å². The number of methoxy groups -OCH3 is 1. The third-order valence-electron chi connectivity index (χ3n) is 3.73. The quantitative estimate of drug-likeness (QED) is 0.842. The highest BCUT2D eigenvalue weighted by molar-refractivity contribution is 7.71. The van der Waals surface area contributed by atoms with E-state index in [2.05, 4.69) is 9.55 Å². The topological polar surface area (TPSA) is 29.9 Å².